The molecule has 0 radical (unpaired) electrons. The van der Waals surface area contributed by atoms with E-state index >= 15 is 0 Å². The molecule has 15 heavy (non-hydrogen) atoms. The van der Waals surface area contributed by atoms with Crippen LogP contribution in [-0.2, 0) is 11.2 Å². The highest BCUT2D eigenvalue weighted by Gasteiger charge is 2.03. The Morgan fingerprint density at radius 1 is 1.27 bits per heavy atom. The summed E-state index contributed by atoms with van der Waals surface area (Å²) in [5.41, 5.74) is 2.39. The fourth-order valence-electron chi connectivity index (χ4n) is 1.44. The molecule has 82 valence electrons. The molecule has 1 nitrogen and oxygen atoms in total. The van der Waals surface area contributed by atoms with Crippen molar-refractivity contribution in [2.75, 3.05) is 5.88 Å². The molecular formula is C13H17ClO. The van der Waals surface area contributed by atoms with E-state index in [1.165, 1.54) is 5.56 Å². The van der Waals surface area contributed by atoms with E-state index in [1.54, 1.807) is 0 Å². The summed E-state index contributed by atoms with van der Waals surface area (Å²) in [7, 11) is 0. The van der Waals surface area contributed by atoms with E-state index < -0.39 is 0 Å². The van der Waals surface area contributed by atoms with Crippen molar-refractivity contribution in [1.29, 1.82) is 0 Å². The second-order valence-electron chi connectivity index (χ2n) is 4.05. The van der Waals surface area contributed by atoms with Gasteiger partial charge >= 0.3 is 0 Å². The fourth-order valence-corrected chi connectivity index (χ4v) is 1.65. The van der Waals surface area contributed by atoms with Gasteiger partial charge < -0.3 is 0 Å². The van der Waals surface area contributed by atoms with Gasteiger partial charge in [-0.2, -0.15) is 0 Å². The minimum absolute atomic E-state index is 0.210. The molecule has 0 saturated heterocycles. The van der Waals surface area contributed by atoms with Crippen LogP contribution in [0.1, 0.15) is 37.3 Å². The third kappa shape index (κ3) is 4.05. The van der Waals surface area contributed by atoms with Crippen LogP contribution in [0.2, 0.25) is 0 Å². The monoisotopic (exact) mass is 224 g/mol. The number of benzene rings is 1. The third-order valence-electron chi connectivity index (χ3n) is 2.42. The summed E-state index contributed by atoms with van der Waals surface area (Å²) in [5, 5.41) is 0. The zero-order valence-electron chi connectivity index (χ0n) is 9.29. The van der Waals surface area contributed by atoms with Gasteiger partial charge in [-0.25, -0.2) is 0 Å². The van der Waals surface area contributed by atoms with Gasteiger partial charge in [0.1, 0.15) is 5.78 Å². The Morgan fingerprint density at radius 2 is 1.87 bits per heavy atom. The highest BCUT2D eigenvalue weighted by atomic mass is 35.5. The first kappa shape index (κ1) is 12.3. The molecule has 0 aromatic heterocycles. The Bertz CT molecular complexity index is 314. The SMILES string of the molecule is CC(C)c1ccc(CC(=O)CCCl)cc1. The maximum Gasteiger partial charge on any atom is 0.138 e. The van der Waals surface area contributed by atoms with Gasteiger partial charge in [-0.3, -0.25) is 4.79 Å². The summed E-state index contributed by atoms with van der Waals surface area (Å²) in [5.74, 6) is 1.17. The maximum absolute atomic E-state index is 11.3. The molecule has 0 aliphatic carbocycles. The van der Waals surface area contributed by atoms with Crippen molar-refractivity contribution in [2.45, 2.75) is 32.6 Å². The van der Waals surface area contributed by atoms with Crippen LogP contribution in [0.5, 0.6) is 0 Å². The molecule has 0 bridgehead atoms. The van der Waals surface area contributed by atoms with Crippen molar-refractivity contribution in [3.05, 3.63) is 35.4 Å². The molecule has 2 heteroatoms. The highest BCUT2D eigenvalue weighted by Crippen LogP contribution is 2.15. The Balaban J connectivity index is 2.60. The molecule has 1 aromatic carbocycles. The second-order valence-corrected chi connectivity index (χ2v) is 4.43. The van der Waals surface area contributed by atoms with Gasteiger partial charge in [-0.05, 0) is 17.0 Å². The van der Waals surface area contributed by atoms with Crippen LogP contribution in [0, 0.1) is 0 Å². The lowest BCUT2D eigenvalue weighted by atomic mass is 10.00. The molecule has 0 aliphatic rings. The lowest BCUT2D eigenvalue weighted by molar-refractivity contribution is -0.118. The van der Waals surface area contributed by atoms with Gasteiger partial charge in [0.25, 0.3) is 0 Å². The van der Waals surface area contributed by atoms with Gasteiger partial charge in [-0.15, -0.1) is 11.6 Å². The molecule has 0 heterocycles. The van der Waals surface area contributed by atoms with Crippen LogP contribution >= 0.6 is 11.6 Å². The molecule has 1 aromatic rings. The standard InChI is InChI=1S/C13H17ClO/c1-10(2)12-5-3-11(4-6-12)9-13(15)7-8-14/h3-6,10H,7-9H2,1-2H3. The van der Waals surface area contributed by atoms with E-state index in [4.69, 9.17) is 11.6 Å². The molecule has 0 N–H and O–H groups in total. The topological polar surface area (TPSA) is 17.1 Å². The van der Waals surface area contributed by atoms with E-state index in [0.29, 0.717) is 24.6 Å². The average molecular weight is 225 g/mol. The number of carbonyl (C=O) groups is 1. The number of alkyl halides is 1. The number of ketones is 1. The second kappa shape index (κ2) is 5.92. The minimum Gasteiger partial charge on any atom is -0.299 e. The zero-order valence-corrected chi connectivity index (χ0v) is 10.1. The Labute approximate surface area is 96.5 Å². The smallest absolute Gasteiger partial charge is 0.138 e. The maximum atomic E-state index is 11.3. The summed E-state index contributed by atoms with van der Waals surface area (Å²) >= 11 is 5.51. The third-order valence-corrected chi connectivity index (χ3v) is 2.61. The summed E-state index contributed by atoms with van der Waals surface area (Å²) < 4.78 is 0. The molecular weight excluding hydrogens is 208 g/mol. The molecule has 0 spiro atoms. The number of hydrogen-bond donors (Lipinski definition) is 0. The lowest BCUT2D eigenvalue weighted by Crippen LogP contribution is -2.03. The Hall–Kier alpha value is -0.820. The number of rotatable bonds is 5. The van der Waals surface area contributed by atoms with Crippen molar-refractivity contribution in [3.63, 3.8) is 0 Å². The summed E-state index contributed by atoms with van der Waals surface area (Å²) in [6.07, 6.45) is 0.971. The quantitative estimate of drug-likeness (QED) is 0.700. The van der Waals surface area contributed by atoms with Crippen molar-refractivity contribution in [2.24, 2.45) is 0 Å². The van der Waals surface area contributed by atoms with Gasteiger partial charge in [-0.1, -0.05) is 38.1 Å². The molecule has 0 fully saturated rings. The molecule has 0 atom stereocenters. The van der Waals surface area contributed by atoms with Crippen LogP contribution in [0.25, 0.3) is 0 Å². The largest absolute Gasteiger partial charge is 0.299 e. The van der Waals surface area contributed by atoms with Crippen LogP contribution < -0.4 is 0 Å². The van der Waals surface area contributed by atoms with Crippen molar-refractivity contribution < 1.29 is 4.79 Å². The molecule has 0 amide bonds. The average Bonchev–Trinajstić information content (AvgIpc) is 2.18. The van der Waals surface area contributed by atoms with E-state index in [1.807, 2.05) is 12.1 Å². The van der Waals surface area contributed by atoms with E-state index in [-0.39, 0.29) is 5.78 Å². The first-order valence-corrected chi connectivity index (χ1v) is 5.83. The fraction of sp³-hybridized carbons (Fsp3) is 0.462. The van der Waals surface area contributed by atoms with E-state index in [9.17, 15) is 4.79 Å². The van der Waals surface area contributed by atoms with Gasteiger partial charge in [0.2, 0.25) is 0 Å². The van der Waals surface area contributed by atoms with Crippen molar-refractivity contribution >= 4 is 17.4 Å². The number of halogens is 1. The molecule has 0 saturated carbocycles. The van der Waals surface area contributed by atoms with Crippen LogP contribution in [0.4, 0.5) is 0 Å². The zero-order chi connectivity index (χ0) is 11.3. The predicted molar refractivity (Wildman–Crippen MR) is 64.6 cm³/mol. The normalized spacial score (nSPS) is 10.7. The van der Waals surface area contributed by atoms with Gasteiger partial charge in [0.15, 0.2) is 0 Å². The number of hydrogen-bond acceptors (Lipinski definition) is 1. The van der Waals surface area contributed by atoms with Gasteiger partial charge in [0, 0.05) is 18.7 Å². The van der Waals surface area contributed by atoms with Crippen molar-refractivity contribution in [3.8, 4) is 0 Å². The van der Waals surface area contributed by atoms with E-state index in [2.05, 4.69) is 26.0 Å². The summed E-state index contributed by atoms with van der Waals surface area (Å²) in [6, 6.07) is 8.24. The molecule has 0 aliphatic heterocycles. The van der Waals surface area contributed by atoms with Crippen LogP contribution in [-0.4, -0.2) is 11.7 Å². The summed E-state index contributed by atoms with van der Waals surface area (Å²) in [6.45, 7) is 4.32. The first-order chi connectivity index (χ1) is 7.13. The van der Waals surface area contributed by atoms with Gasteiger partial charge in [0.05, 0.1) is 0 Å². The number of Topliss-reactive ketones (excluding diaryl/α,β-unsaturated/α-hetero) is 1. The number of carbonyl (C=O) groups excluding carboxylic acids is 1. The molecule has 1 rings (SSSR count). The predicted octanol–water partition coefficient (Wildman–Crippen LogP) is 3.55. The van der Waals surface area contributed by atoms with Crippen LogP contribution in [0.3, 0.4) is 0 Å². The Kier molecular flexibility index (Phi) is 4.83. The first-order valence-electron chi connectivity index (χ1n) is 5.30. The van der Waals surface area contributed by atoms with Crippen molar-refractivity contribution in [1.82, 2.24) is 0 Å². The highest BCUT2D eigenvalue weighted by molar-refractivity contribution is 6.19. The Morgan fingerprint density at radius 3 is 2.33 bits per heavy atom. The summed E-state index contributed by atoms with van der Waals surface area (Å²) in [4.78, 5) is 11.3. The minimum atomic E-state index is 0.210. The lowest BCUT2D eigenvalue weighted by Gasteiger charge is -2.06. The van der Waals surface area contributed by atoms with E-state index in [0.717, 1.165) is 5.56 Å². The molecule has 0 unspecified atom stereocenters. The van der Waals surface area contributed by atoms with Crippen LogP contribution in [0.15, 0.2) is 24.3 Å².